The molecule has 8 heteroatoms. The van der Waals surface area contributed by atoms with Crippen molar-refractivity contribution in [1.82, 2.24) is 5.32 Å². The molecule has 6 nitrogen and oxygen atoms in total. The number of nitrogens with one attached hydrogen (secondary N) is 1. The van der Waals surface area contributed by atoms with Gasteiger partial charge in [-0.2, -0.15) is 0 Å². The van der Waals surface area contributed by atoms with Gasteiger partial charge in [-0.05, 0) is 29.4 Å². The Morgan fingerprint density at radius 3 is 2.80 bits per heavy atom. The molecule has 2 N–H and O–H groups in total. The molecular formula is C12H16BrFN2O4. The van der Waals surface area contributed by atoms with Gasteiger partial charge >= 0.3 is 5.69 Å². The number of nitro benzene ring substituents is 1. The molecule has 0 spiro atoms. The zero-order chi connectivity index (χ0) is 15.3. The Morgan fingerprint density at radius 1 is 1.60 bits per heavy atom. The summed E-state index contributed by atoms with van der Waals surface area (Å²) in [6, 6.07) is 1.95. The van der Waals surface area contributed by atoms with Gasteiger partial charge in [-0.25, -0.2) is 4.39 Å². The predicted octanol–water partition coefficient (Wildman–Crippen LogP) is 2.24. The molecule has 0 aliphatic rings. The monoisotopic (exact) mass is 350 g/mol. The molecule has 0 bridgehead atoms. The quantitative estimate of drug-likeness (QED) is 0.581. The van der Waals surface area contributed by atoms with Gasteiger partial charge in [0.15, 0.2) is 5.75 Å². The summed E-state index contributed by atoms with van der Waals surface area (Å²) in [5.74, 6) is -0.885. The fraction of sp³-hybridized carbons (Fsp3) is 0.500. The van der Waals surface area contributed by atoms with E-state index in [1.54, 1.807) is 0 Å². The summed E-state index contributed by atoms with van der Waals surface area (Å²) >= 11 is 2.88. The van der Waals surface area contributed by atoms with Crippen molar-refractivity contribution in [3.05, 3.63) is 32.5 Å². The molecule has 0 fully saturated rings. The number of aliphatic hydroxyl groups is 1. The Bertz CT molecular complexity index is 497. The standard InChI is InChI=1S/C12H16BrFN2O4/c1-3-15-6-12(2,17)7-20-11-5-9(14)8(13)4-10(11)16(18)19/h4-5,15,17H,3,6-7H2,1-2H3. The molecule has 0 radical (unpaired) electrons. The molecule has 0 saturated heterocycles. The minimum absolute atomic E-state index is 0.0176. The molecule has 0 aliphatic heterocycles. The molecule has 1 aromatic rings. The van der Waals surface area contributed by atoms with Gasteiger partial charge < -0.3 is 15.2 Å². The third-order valence-corrected chi connectivity index (χ3v) is 3.10. The van der Waals surface area contributed by atoms with Crippen LogP contribution in [0.5, 0.6) is 5.75 Å². The van der Waals surface area contributed by atoms with E-state index in [0.29, 0.717) is 6.54 Å². The summed E-state index contributed by atoms with van der Waals surface area (Å²) in [7, 11) is 0. The van der Waals surface area contributed by atoms with E-state index in [0.717, 1.165) is 12.1 Å². The van der Waals surface area contributed by atoms with E-state index in [9.17, 15) is 19.6 Å². The van der Waals surface area contributed by atoms with E-state index in [2.05, 4.69) is 21.2 Å². The normalized spacial score (nSPS) is 13.8. The minimum Gasteiger partial charge on any atom is -0.484 e. The van der Waals surface area contributed by atoms with E-state index in [4.69, 9.17) is 4.74 Å². The molecule has 1 unspecified atom stereocenters. The number of benzene rings is 1. The van der Waals surface area contributed by atoms with Crippen LogP contribution in [0, 0.1) is 15.9 Å². The second kappa shape index (κ2) is 6.96. The highest BCUT2D eigenvalue weighted by Gasteiger charge is 2.24. The van der Waals surface area contributed by atoms with Crippen LogP contribution in [0.3, 0.4) is 0 Å². The summed E-state index contributed by atoms with van der Waals surface area (Å²) < 4.78 is 18.6. The van der Waals surface area contributed by atoms with Crippen LogP contribution in [-0.4, -0.2) is 35.3 Å². The molecule has 0 saturated carbocycles. The van der Waals surface area contributed by atoms with Crippen molar-refractivity contribution < 1.29 is 19.2 Å². The highest BCUT2D eigenvalue weighted by Crippen LogP contribution is 2.32. The number of ether oxygens (including phenoxy) is 1. The zero-order valence-corrected chi connectivity index (χ0v) is 12.7. The fourth-order valence-corrected chi connectivity index (χ4v) is 1.79. The third-order valence-electron chi connectivity index (χ3n) is 2.49. The topological polar surface area (TPSA) is 84.6 Å². The Hall–Kier alpha value is -1.25. The smallest absolute Gasteiger partial charge is 0.312 e. The van der Waals surface area contributed by atoms with Gasteiger partial charge in [0.05, 0.1) is 9.40 Å². The molecule has 20 heavy (non-hydrogen) atoms. The van der Waals surface area contributed by atoms with E-state index in [1.807, 2.05) is 6.92 Å². The maximum atomic E-state index is 13.4. The summed E-state index contributed by atoms with van der Waals surface area (Å²) in [5, 5.41) is 23.8. The van der Waals surface area contributed by atoms with Crippen molar-refractivity contribution in [2.24, 2.45) is 0 Å². The first-order valence-corrected chi connectivity index (χ1v) is 6.75. The third kappa shape index (κ3) is 4.69. The van der Waals surface area contributed by atoms with Gasteiger partial charge in [0.1, 0.15) is 18.0 Å². The number of nitrogens with zero attached hydrogens (tertiary/aromatic N) is 1. The van der Waals surface area contributed by atoms with E-state index in [1.165, 1.54) is 6.92 Å². The van der Waals surface area contributed by atoms with Crippen LogP contribution in [-0.2, 0) is 0 Å². The van der Waals surface area contributed by atoms with Crippen molar-refractivity contribution in [2.75, 3.05) is 19.7 Å². The van der Waals surface area contributed by atoms with Crippen LogP contribution >= 0.6 is 15.9 Å². The Kier molecular flexibility index (Phi) is 5.85. The lowest BCUT2D eigenvalue weighted by Gasteiger charge is -2.23. The number of nitro groups is 1. The first-order valence-electron chi connectivity index (χ1n) is 5.96. The lowest BCUT2D eigenvalue weighted by molar-refractivity contribution is -0.386. The molecule has 1 atom stereocenters. The van der Waals surface area contributed by atoms with Crippen LogP contribution in [0.15, 0.2) is 16.6 Å². The molecule has 1 aromatic carbocycles. The van der Waals surface area contributed by atoms with E-state index < -0.39 is 16.3 Å². The molecule has 1 rings (SSSR count). The lowest BCUT2D eigenvalue weighted by Crippen LogP contribution is -2.42. The highest BCUT2D eigenvalue weighted by atomic mass is 79.9. The average molecular weight is 351 g/mol. The molecule has 0 aromatic heterocycles. The number of halogens is 2. The number of hydrogen-bond acceptors (Lipinski definition) is 5. The SMILES string of the molecule is CCNCC(C)(O)COc1cc(F)c(Br)cc1[N+](=O)[O-]. The largest absolute Gasteiger partial charge is 0.484 e. The van der Waals surface area contributed by atoms with Crippen molar-refractivity contribution in [2.45, 2.75) is 19.4 Å². The zero-order valence-electron chi connectivity index (χ0n) is 11.2. The average Bonchev–Trinajstić information content (AvgIpc) is 2.37. The number of hydrogen-bond donors (Lipinski definition) is 2. The van der Waals surface area contributed by atoms with Gasteiger partial charge in [0.2, 0.25) is 0 Å². The van der Waals surface area contributed by atoms with Gasteiger partial charge in [-0.1, -0.05) is 6.92 Å². The summed E-state index contributed by atoms with van der Waals surface area (Å²) in [6.07, 6.45) is 0. The van der Waals surface area contributed by atoms with E-state index >= 15 is 0 Å². The van der Waals surface area contributed by atoms with Crippen LogP contribution in [0.1, 0.15) is 13.8 Å². The van der Waals surface area contributed by atoms with Gasteiger partial charge in [0.25, 0.3) is 0 Å². The van der Waals surface area contributed by atoms with Gasteiger partial charge in [-0.15, -0.1) is 0 Å². The number of rotatable bonds is 7. The predicted molar refractivity (Wildman–Crippen MR) is 75.4 cm³/mol. The molecule has 112 valence electrons. The molecule has 0 aliphatic carbocycles. The number of likely N-dealkylation sites (N-methyl/N-ethyl adjacent to an activating group) is 1. The maximum Gasteiger partial charge on any atom is 0.312 e. The van der Waals surface area contributed by atoms with Crippen molar-refractivity contribution in [3.63, 3.8) is 0 Å². The van der Waals surface area contributed by atoms with Crippen LogP contribution < -0.4 is 10.1 Å². The Balaban J connectivity index is 2.86. The Morgan fingerprint density at radius 2 is 2.25 bits per heavy atom. The Labute approximate surface area is 124 Å². The van der Waals surface area contributed by atoms with Crippen LogP contribution in [0.4, 0.5) is 10.1 Å². The maximum absolute atomic E-state index is 13.4. The highest BCUT2D eigenvalue weighted by molar-refractivity contribution is 9.10. The minimum atomic E-state index is -1.21. The van der Waals surface area contributed by atoms with Crippen LogP contribution in [0.2, 0.25) is 0 Å². The van der Waals surface area contributed by atoms with Crippen molar-refractivity contribution in [1.29, 1.82) is 0 Å². The summed E-state index contributed by atoms with van der Waals surface area (Å²) in [5.41, 5.74) is -1.58. The van der Waals surface area contributed by atoms with Crippen molar-refractivity contribution in [3.8, 4) is 5.75 Å². The van der Waals surface area contributed by atoms with Gasteiger partial charge in [0, 0.05) is 18.7 Å². The van der Waals surface area contributed by atoms with Crippen LogP contribution in [0.25, 0.3) is 0 Å². The van der Waals surface area contributed by atoms with E-state index in [-0.39, 0.29) is 29.1 Å². The first kappa shape index (κ1) is 16.8. The second-order valence-corrected chi connectivity index (χ2v) is 5.41. The second-order valence-electron chi connectivity index (χ2n) is 4.56. The molecule has 0 amide bonds. The fourth-order valence-electron chi connectivity index (χ4n) is 1.45. The molecular weight excluding hydrogens is 335 g/mol. The first-order chi connectivity index (χ1) is 9.26. The van der Waals surface area contributed by atoms with Crippen molar-refractivity contribution >= 4 is 21.6 Å². The lowest BCUT2D eigenvalue weighted by atomic mass is 10.1. The summed E-state index contributed by atoms with van der Waals surface area (Å²) in [6.45, 7) is 4.14. The molecule has 0 heterocycles. The van der Waals surface area contributed by atoms with Gasteiger partial charge in [-0.3, -0.25) is 10.1 Å². The summed E-state index contributed by atoms with van der Waals surface area (Å²) in [4.78, 5) is 10.2.